The third-order valence-electron chi connectivity index (χ3n) is 2.61. The molecule has 1 fully saturated rings. The number of hydrogen-bond acceptors (Lipinski definition) is 6. The zero-order valence-corrected chi connectivity index (χ0v) is 9.67. The minimum atomic E-state index is -0.549. The van der Waals surface area contributed by atoms with Gasteiger partial charge in [-0.3, -0.25) is 10.1 Å². The maximum absolute atomic E-state index is 10.9. The Morgan fingerprint density at radius 3 is 3.06 bits per heavy atom. The van der Waals surface area contributed by atoms with Crippen molar-refractivity contribution in [2.45, 2.75) is 18.9 Å². The molecule has 1 saturated heterocycles. The van der Waals surface area contributed by atoms with Crippen LogP contribution in [0.2, 0.25) is 5.28 Å². The van der Waals surface area contributed by atoms with Gasteiger partial charge in [-0.05, 0) is 24.4 Å². The molecule has 2 rings (SSSR count). The SMILES string of the molecule is O=[N+]([O-])c1cnc(Cl)nc1N1CCCC(O)C1. The number of hydrogen-bond donors (Lipinski definition) is 1. The molecule has 0 aromatic carbocycles. The molecular formula is C9H11ClN4O3. The number of aromatic nitrogens is 2. The van der Waals surface area contributed by atoms with Crippen LogP contribution < -0.4 is 4.90 Å². The lowest BCUT2D eigenvalue weighted by Crippen LogP contribution is -2.39. The summed E-state index contributed by atoms with van der Waals surface area (Å²) < 4.78 is 0. The van der Waals surface area contributed by atoms with Crippen LogP contribution in [0.5, 0.6) is 0 Å². The third kappa shape index (κ3) is 2.62. The van der Waals surface area contributed by atoms with Crippen molar-refractivity contribution in [3.63, 3.8) is 0 Å². The number of aliphatic hydroxyl groups excluding tert-OH is 1. The molecule has 17 heavy (non-hydrogen) atoms. The molecule has 1 N–H and O–H groups in total. The topological polar surface area (TPSA) is 92.4 Å². The Balaban J connectivity index is 2.35. The number of aliphatic hydroxyl groups is 1. The molecule has 7 nitrogen and oxygen atoms in total. The Morgan fingerprint density at radius 2 is 2.41 bits per heavy atom. The normalized spacial score (nSPS) is 20.4. The van der Waals surface area contributed by atoms with Crippen LogP contribution in [0.25, 0.3) is 0 Å². The largest absolute Gasteiger partial charge is 0.391 e. The Morgan fingerprint density at radius 1 is 1.65 bits per heavy atom. The molecule has 0 bridgehead atoms. The Bertz CT molecular complexity index is 442. The summed E-state index contributed by atoms with van der Waals surface area (Å²) in [4.78, 5) is 19.4. The van der Waals surface area contributed by atoms with Crippen molar-refractivity contribution in [1.82, 2.24) is 9.97 Å². The summed E-state index contributed by atoms with van der Waals surface area (Å²) >= 11 is 5.64. The fourth-order valence-electron chi connectivity index (χ4n) is 1.85. The van der Waals surface area contributed by atoms with Gasteiger partial charge in [-0.2, -0.15) is 4.98 Å². The van der Waals surface area contributed by atoms with Crippen molar-refractivity contribution in [3.05, 3.63) is 21.6 Å². The molecule has 1 unspecified atom stereocenters. The predicted molar refractivity (Wildman–Crippen MR) is 61.2 cm³/mol. The quantitative estimate of drug-likeness (QED) is 0.483. The first-order valence-corrected chi connectivity index (χ1v) is 5.55. The highest BCUT2D eigenvalue weighted by Crippen LogP contribution is 2.28. The first-order chi connectivity index (χ1) is 8.08. The molecule has 2 heterocycles. The Labute approximate surface area is 102 Å². The van der Waals surface area contributed by atoms with E-state index in [-0.39, 0.29) is 16.8 Å². The van der Waals surface area contributed by atoms with Gasteiger partial charge in [0.2, 0.25) is 11.1 Å². The van der Waals surface area contributed by atoms with Crippen LogP contribution in [0.1, 0.15) is 12.8 Å². The predicted octanol–water partition coefficient (Wildman–Crippen LogP) is 0.999. The summed E-state index contributed by atoms with van der Waals surface area (Å²) in [5, 5.41) is 20.4. The van der Waals surface area contributed by atoms with Gasteiger partial charge in [0.15, 0.2) is 0 Å². The summed E-state index contributed by atoms with van der Waals surface area (Å²) in [6, 6.07) is 0. The van der Waals surface area contributed by atoms with Gasteiger partial charge in [-0.1, -0.05) is 0 Å². The molecule has 0 amide bonds. The van der Waals surface area contributed by atoms with E-state index in [0.29, 0.717) is 19.5 Å². The highest BCUT2D eigenvalue weighted by molar-refractivity contribution is 6.28. The highest BCUT2D eigenvalue weighted by atomic mass is 35.5. The van der Waals surface area contributed by atoms with E-state index in [4.69, 9.17) is 11.6 Å². The van der Waals surface area contributed by atoms with E-state index in [9.17, 15) is 15.2 Å². The van der Waals surface area contributed by atoms with E-state index in [1.54, 1.807) is 4.90 Å². The average Bonchev–Trinajstić information content (AvgIpc) is 2.28. The van der Waals surface area contributed by atoms with Crippen molar-refractivity contribution >= 4 is 23.1 Å². The average molecular weight is 259 g/mol. The summed E-state index contributed by atoms with van der Waals surface area (Å²) in [6.45, 7) is 0.944. The van der Waals surface area contributed by atoms with Crippen molar-refractivity contribution in [3.8, 4) is 0 Å². The number of β-amino-alcohol motifs (C(OH)–C–C–N with tert-alkyl or cyclic N) is 1. The lowest BCUT2D eigenvalue weighted by molar-refractivity contribution is -0.384. The summed E-state index contributed by atoms with van der Waals surface area (Å²) in [5.74, 6) is 0.175. The number of nitro groups is 1. The first kappa shape index (κ1) is 12.0. The standard InChI is InChI=1S/C9H11ClN4O3/c10-9-11-4-7(14(16)17)8(12-9)13-3-1-2-6(15)5-13/h4,6,15H,1-3,5H2. The Hall–Kier alpha value is -1.47. The molecule has 1 aromatic rings. The second-order valence-electron chi connectivity index (χ2n) is 3.85. The number of halogens is 1. The number of anilines is 1. The van der Waals surface area contributed by atoms with E-state index in [1.165, 1.54) is 0 Å². The number of piperidine rings is 1. The van der Waals surface area contributed by atoms with Crippen LogP contribution in [-0.2, 0) is 0 Å². The van der Waals surface area contributed by atoms with Crippen LogP contribution in [-0.4, -0.2) is 39.2 Å². The molecule has 1 aliphatic heterocycles. The molecule has 92 valence electrons. The summed E-state index contributed by atoms with van der Waals surface area (Å²) in [7, 11) is 0. The third-order valence-corrected chi connectivity index (χ3v) is 2.80. The minimum Gasteiger partial charge on any atom is -0.391 e. The maximum Gasteiger partial charge on any atom is 0.329 e. The Kier molecular flexibility index (Phi) is 3.39. The van der Waals surface area contributed by atoms with Gasteiger partial charge in [0, 0.05) is 13.1 Å². The molecule has 1 atom stereocenters. The minimum absolute atomic E-state index is 0.0364. The molecular weight excluding hydrogens is 248 g/mol. The second-order valence-corrected chi connectivity index (χ2v) is 4.19. The van der Waals surface area contributed by atoms with Gasteiger partial charge in [-0.25, -0.2) is 4.98 Å². The van der Waals surface area contributed by atoms with Gasteiger partial charge in [0.1, 0.15) is 6.20 Å². The molecule has 0 spiro atoms. The monoisotopic (exact) mass is 258 g/mol. The lowest BCUT2D eigenvalue weighted by Gasteiger charge is -2.30. The van der Waals surface area contributed by atoms with Crippen LogP contribution in [0.4, 0.5) is 11.5 Å². The zero-order chi connectivity index (χ0) is 12.4. The van der Waals surface area contributed by atoms with E-state index in [0.717, 1.165) is 12.6 Å². The van der Waals surface area contributed by atoms with Gasteiger partial charge in [0.05, 0.1) is 11.0 Å². The van der Waals surface area contributed by atoms with Gasteiger partial charge >= 0.3 is 5.69 Å². The smallest absolute Gasteiger partial charge is 0.329 e. The zero-order valence-electron chi connectivity index (χ0n) is 8.91. The van der Waals surface area contributed by atoms with Crippen molar-refractivity contribution in [1.29, 1.82) is 0 Å². The molecule has 0 saturated carbocycles. The number of rotatable bonds is 2. The van der Waals surface area contributed by atoms with Crippen LogP contribution in [0, 0.1) is 10.1 Å². The molecule has 1 aliphatic rings. The lowest BCUT2D eigenvalue weighted by atomic mass is 10.1. The van der Waals surface area contributed by atoms with E-state index in [1.807, 2.05) is 0 Å². The maximum atomic E-state index is 10.9. The van der Waals surface area contributed by atoms with E-state index < -0.39 is 11.0 Å². The molecule has 1 aromatic heterocycles. The second kappa shape index (κ2) is 4.80. The summed E-state index contributed by atoms with van der Waals surface area (Å²) in [6.07, 6.45) is 2.06. The van der Waals surface area contributed by atoms with Gasteiger partial charge < -0.3 is 10.0 Å². The van der Waals surface area contributed by atoms with Crippen molar-refractivity contribution in [2.24, 2.45) is 0 Å². The van der Waals surface area contributed by atoms with Crippen LogP contribution in [0.15, 0.2) is 6.20 Å². The van der Waals surface area contributed by atoms with Crippen LogP contribution in [0.3, 0.4) is 0 Å². The van der Waals surface area contributed by atoms with Crippen molar-refractivity contribution < 1.29 is 10.0 Å². The van der Waals surface area contributed by atoms with E-state index in [2.05, 4.69) is 9.97 Å². The van der Waals surface area contributed by atoms with Gasteiger partial charge in [-0.15, -0.1) is 0 Å². The molecule has 0 radical (unpaired) electrons. The molecule has 0 aliphatic carbocycles. The fourth-order valence-corrected chi connectivity index (χ4v) is 1.98. The van der Waals surface area contributed by atoms with Gasteiger partial charge in [0.25, 0.3) is 0 Å². The van der Waals surface area contributed by atoms with E-state index >= 15 is 0 Å². The highest BCUT2D eigenvalue weighted by Gasteiger charge is 2.26. The fraction of sp³-hybridized carbons (Fsp3) is 0.556. The summed E-state index contributed by atoms with van der Waals surface area (Å²) in [5.41, 5.74) is -0.191. The number of nitrogens with zero attached hydrogens (tertiary/aromatic N) is 4. The molecule has 8 heteroatoms. The first-order valence-electron chi connectivity index (χ1n) is 5.18. The van der Waals surface area contributed by atoms with Crippen molar-refractivity contribution in [2.75, 3.05) is 18.0 Å². The van der Waals surface area contributed by atoms with Crippen LogP contribution >= 0.6 is 11.6 Å².